The Kier molecular flexibility index (Phi) is 6.52. The van der Waals surface area contributed by atoms with E-state index in [4.69, 9.17) is 23.2 Å². The van der Waals surface area contributed by atoms with Crippen LogP contribution in [-0.2, 0) is 4.79 Å². The van der Waals surface area contributed by atoms with Crippen LogP contribution in [0.1, 0.15) is 42.5 Å². The number of rotatable bonds is 5. The first-order valence-corrected chi connectivity index (χ1v) is 8.34. The first-order valence-electron chi connectivity index (χ1n) is 7.59. The van der Waals surface area contributed by atoms with Crippen molar-refractivity contribution >= 4 is 35.0 Å². The molecule has 2 N–H and O–H groups in total. The van der Waals surface area contributed by atoms with Gasteiger partial charge in [0.05, 0.1) is 10.0 Å². The van der Waals surface area contributed by atoms with E-state index in [-0.39, 0.29) is 17.7 Å². The van der Waals surface area contributed by atoms with Gasteiger partial charge in [0.15, 0.2) is 0 Å². The molecule has 1 saturated carbocycles. The van der Waals surface area contributed by atoms with Crippen LogP contribution in [0.5, 0.6) is 0 Å². The molecular formula is C16H20Cl2N2O2. The van der Waals surface area contributed by atoms with Gasteiger partial charge < -0.3 is 10.6 Å². The first-order chi connectivity index (χ1) is 10.6. The third-order valence-corrected chi connectivity index (χ3v) is 4.61. The van der Waals surface area contributed by atoms with E-state index in [2.05, 4.69) is 10.6 Å². The van der Waals surface area contributed by atoms with Gasteiger partial charge in [-0.3, -0.25) is 9.59 Å². The molecule has 0 spiro atoms. The van der Waals surface area contributed by atoms with Gasteiger partial charge in [0.2, 0.25) is 5.91 Å². The van der Waals surface area contributed by atoms with E-state index in [1.807, 2.05) is 0 Å². The summed E-state index contributed by atoms with van der Waals surface area (Å²) < 4.78 is 0. The number of carbonyl (C=O) groups excluding carboxylic acids is 2. The molecule has 0 bridgehead atoms. The number of carbonyl (C=O) groups is 2. The highest BCUT2D eigenvalue weighted by molar-refractivity contribution is 6.42. The van der Waals surface area contributed by atoms with Gasteiger partial charge in [0.25, 0.3) is 5.91 Å². The minimum atomic E-state index is -0.231. The summed E-state index contributed by atoms with van der Waals surface area (Å²) in [5.41, 5.74) is 0.452. The lowest BCUT2D eigenvalue weighted by atomic mass is 9.89. The highest BCUT2D eigenvalue weighted by atomic mass is 35.5. The summed E-state index contributed by atoms with van der Waals surface area (Å²) >= 11 is 11.7. The molecule has 0 saturated heterocycles. The van der Waals surface area contributed by atoms with E-state index in [0.717, 1.165) is 25.7 Å². The van der Waals surface area contributed by atoms with Crippen molar-refractivity contribution in [1.82, 2.24) is 10.6 Å². The van der Waals surface area contributed by atoms with Crippen LogP contribution in [0.4, 0.5) is 0 Å². The smallest absolute Gasteiger partial charge is 0.251 e. The Hall–Kier alpha value is -1.26. The quantitative estimate of drug-likeness (QED) is 0.805. The zero-order chi connectivity index (χ0) is 15.9. The van der Waals surface area contributed by atoms with Crippen LogP contribution in [0.25, 0.3) is 0 Å². The normalized spacial score (nSPS) is 15.4. The number of halogens is 2. The SMILES string of the molecule is O=C(NCCNC(=O)C1CCCCC1)c1ccc(Cl)c(Cl)c1. The molecule has 0 radical (unpaired) electrons. The van der Waals surface area contributed by atoms with E-state index >= 15 is 0 Å². The topological polar surface area (TPSA) is 58.2 Å². The van der Waals surface area contributed by atoms with Crippen molar-refractivity contribution in [3.8, 4) is 0 Å². The predicted octanol–water partition coefficient (Wildman–Crippen LogP) is 3.42. The Bertz CT molecular complexity index is 543. The van der Waals surface area contributed by atoms with Crippen LogP contribution >= 0.6 is 23.2 Å². The van der Waals surface area contributed by atoms with Gasteiger partial charge in [-0.2, -0.15) is 0 Å². The van der Waals surface area contributed by atoms with Crippen LogP contribution in [0.15, 0.2) is 18.2 Å². The third kappa shape index (κ3) is 4.89. The zero-order valence-electron chi connectivity index (χ0n) is 12.3. The molecule has 22 heavy (non-hydrogen) atoms. The fraction of sp³-hybridized carbons (Fsp3) is 0.500. The van der Waals surface area contributed by atoms with Crippen molar-refractivity contribution in [3.05, 3.63) is 33.8 Å². The summed E-state index contributed by atoms with van der Waals surface area (Å²) in [6.07, 6.45) is 5.44. The molecule has 1 aliphatic carbocycles. The van der Waals surface area contributed by atoms with Crippen molar-refractivity contribution in [2.24, 2.45) is 5.92 Å². The van der Waals surface area contributed by atoms with Crippen molar-refractivity contribution in [2.45, 2.75) is 32.1 Å². The van der Waals surface area contributed by atoms with Crippen LogP contribution < -0.4 is 10.6 Å². The lowest BCUT2D eigenvalue weighted by Crippen LogP contribution is -2.38. The van der Waals surface area contributed by atoms with E-state index in [1.165, 1.54) is 12.5 Å². The lowest BCUT2D eigenvalue weighted by molar-refractivity contribution is -0.125. The minimum absolute atomic E-state index is 0.100. The van der Waals surface area contributed by atoms with E-state index in [0.29, 0.717) is 28.7 Å². The number of benzene rings is 1. The third-order valence-electron chi connectivity index (χ3n) is 3.87. The molecule has 0 atom stereocenters. The zero-order valence-corrected chi connectivity index (χ0v) is 13.8. The van der Waals surface area contributed by atoms with Crippen LogP contribution in [0, 0.1) is 5.92 Å². The molecule has 1 aromatic carbocycles. The Balaban J connectivity index is 1.70. The van der Waals surface area contributed by atoms with Gasteiger partial charge >= 0.3 is 0 Å². The number of hydrogen-bond acceptors (Lipinski definition) is 2. The summed E-state index contributed by atoms with van der Waals surface area (Å²) in [5.74, 6) is 0.00786. The van der Waals surface area contributed by atoms with Gasteiger partial charge in [0, 0.05) is 24.6 Å². The Morgan fingerprint density at radius 1 is 1.00 bits per heavy atom. The van der Waals surface area contributed by atoms with Gasteiger partial charge in [-0.15, -0.1) is 0 Å². The summed E-state index contributed by atoms with van der Waals surface area (Å²) in [6.45, 7) is 0.819. The predicted molar refractivity (Wildman–Crippen MR) is 88.4 cm³/mol. The van der Waals surface area contributed by atoms with Crippen molar-refractivity contribution < 1.29 is 9.59 Å². The highest BCUT2D eigenvalue weighted by Crippen LogP contribution is 2.23. The molecule has 2 amide bonds. The summed E-state index contributed by atoms with van der Waals surface area (Å²) in [5, 5.41) is 6.39. The van der Waals surface area contributed by atoms with Gasteiger partial charge in [0.1, 0.15) is 0 Å². The maximum Gasteiger partial charge on any atom is 0.251 e. The molecule has 0 aliphatic heterocycles. The van der Waals surface area contributed by atoms with E-state index in [1.54, 1.807) is 12.1 Å². The summed E-state index contributed by atoms with van der Waals surface area (Å²) in [7, 11) is 0. The monoisotopic (exact) mass is 342 g/mol. The molecule has 120 valence electrons. The van der Waals surface area contributed by atoms with E-state index in [9.17, 15) is 9.59 Å². The summed E-state index contributed by atoms with van der Waals surface area (Å²) in [4.78, 5) is 23.9. The first kappa shape index (κ1) is 17.1. The molecule has 6 heteroatoms. The van der Waals surface area contributed by atoms with E-state index < -0.39 is 0 Å². The second-order valence-electron chi connectivity index (χ2n) is 5.51. The molecule has 1 fully saturated rings. The second-order valence-corrected chi connectivity index (χ2v) is 6.33. The fourth-order valence-corrected chi connectivity index (χ4v) is 2.91. The Morgan fingerprint density at radius 3 is 2.36 bits per heavy atom. The van der Waals surface area contributed by atoms with Crippen LogP contribution in [0.3, 0.4) is 0 Å². The molecular weight excluding hydrogens is 323 g/mol. The maximum absolute atomic E-state index is 11.9. The van der Waals surface area contributed by atoms with Gasteiger partial charge in [-0.05, 0) is 31.0 Å². The van der Waals surface area contributed by atoms with Crippen LogP contribution in [0.2, 0.25) is 10.0 Å². The fourth-order valence-electron chi connectivity index (χ4n) is 2.61. The lowest BCUT2D eigenvalue weighted by Gasteiger charge is -2.20. The average molecular weight is 343 g/mol. The van der Waals surface area contributed by atoms with Crippen molar-refractivity contribution in [3.63, 3.8) is 0 Å². The van der Waals surface area contributed by atoms with Crippen LogP contribution in [-0.4, -0.2) is 24.9 Å². The highest BCUT2D eigenvalue weighted by Gasteiger charge is 2.20. The molecule has 4 nitrogen and oxygen atoms in total. The molecule has 2 rings (SSSR count). The molecule has 0 unspecified atom stereocenters. The van der Waals surface area contributed by atoms with Gasteiger partial charge in [-0.25, -0.2) is 0 Å². The molecule has 1 aliphatic rings. The molecule has 0 heterocycles. The number of nitrogens with one attached hydrogen (secondary N) is 2. The largest absolute Gasteiger partial charge is 0.354 e. The standard InChI is InChI=1S/C16H20Cl2N2O2/c17-13-7-6-12(10-14(13)18)16(22)20-9-8-19-15(21)11-4-2-1-3-5-11/h6-7,10-11H,1-5,8-9H2,(H,19,21)(H,20,22). The maximum atomic E-state index is 11.9. The minimum Gasteiger partial charge on any atom is -0.354 e. The average Bonchev–Trinajstić information content (AvgIpc) is 2.54. The molecule has 1 aromatic rings. The van der Waals surface area contributed by atoms with Gasteiger partial charge in [-0.1, -0.05) is 42.5 Å². The second kappa shape index (κ2) is 8.39. The van der Waals surface area contributed by atoms with Crippen molar-refractivity contribution in [1.29, 1.82) is 0 Å². The number of amides is 2. The summed E-state index contributed by atoms with van der Waals surface area (Å²) in [6, 6.07) is 4.73. The Morgan fingerprint density at radius 2 is 1.68 bits per heavy atom. The Labute approximate surface area is 140 Å². The molecule has 0 aromatic heterocycles. The number of hydrogen-bond donors (Lipinski definition) is 2. The van der Waals surface area contributed by atoms with Crippen molar-refractivity contribution in [2.75, 3.05) is 13.1 Å².